The summed E-state index contributed by atoms with van der Waals surface area (Å²) in [6.07, 6.45) is 3.89. The van der Waals surface area contributed by atoms with E-state index in [2.05, 4.69) is 45.6 Å². The lowest BCUT2D eigenvalue weighted by molar-refractivity contribution is 0.366. The van der Waals surface area contributed by atoms with E-state index in [1.807, 2.05) is 6.07 Å². The normalized spacial score (nSPS) is 19.8. The van der Waals surface area contributed by atoms with Gasteiger partial charge in [0.25, 0.3) is 0 Å². The lowest BCUT2D eigenvalue weighted by atomic mass is 9.92. The van der Waals surface area contributed by atoms with Gasteiger partial charge in [0.15, 0.2) is 0 Å². The van der Waals surface area contributed by atoms with Crippen LogP contribution in [0.2, 0.25) is 0 Å². The molecule has 3 nitrogen and oxygen atoms in total. The molecule has 1 aliphatic rings. The van der Waals surface area contributed by atoms with Crippen molar-refractivity contribution >= 4 is 15.9 Å². The van der Waals surface area contributed by atoms with Gasteiger partial charge in [0, 0.05) is 5.92 Å². The van der Waals surface area contributed by atoms with E-state index in [0.29, 0.717) is 5.92 Å². The summed E-state index contributed by atoms with van der Waals surface area (Å²) in [5.74, 6) is 6.98. The smallest absolute Gasteiger partial charge is 0.136 e. The van der Waals surface area contributed by atoms with Crippen molar-refractivity contribution in [2.45, 2.75) is 24.8 Å². The first-order valence-corrected chi connectivity index (χ1v) is 6.87. The Morgan fingerprint density at radius 3 is 2.89 bits per heavy atom. The van der Waals surface area contributed by atoms with Crippen LogP contribution in [0.5, 0.6) is 0 Å². The van der Waals surface area contributed by atoms with Crippen molar-refractivity contribution in [3.8, 4) is 0 Å². The third kappa shape index (κ3) is 1.90. The zero-order valence-corrected chi connectivity index (χ0v) is 11.5. The van der Waals surface area contributed by atoms with Gasteiger partial charge in [-0.3, -0.25) is 5.84 Å². The minimum absolute atomic E-state index is 0.0121. The molecule has 4 heteroatoms. The summed E-state index contributed by atoms with van der Waals surface area (Å²) in [6, 6.07) is 10.5. The van der Waals surface area contributed by atoms with Crippen LogP contribution in [0.4, 0.5) is 0 Å². The van der Waals surface area contributed by atoms with Crippen LogP contribution >= 0.6 is 15.9 Å². The number of nitrogens with one attached hydrogen (secondary N) is 1. The van der Waals surface area contributed by atoms with Crippen LogP contribution in [0.15, 0.2) is 45.5 Å². The highest BCUT2D eigenvalue weighted by Gasteiger charge is 2.32. The molecule has 0 saturated heterocycles. The van der Waals surface area contributed by atoms with Gasteiger partial charge in [-0.25, -0.2) is 5.43 Å². The Hall–Kier alpha value is -1.10. The number of aryl methyl sites for hydroxylation is 1. The Kier molecular flexibility index (Phi) is 3.24. The van der Waals surface area contributed by atoms with Gasteiger partial charge in [0.2, 0.25) is 0 Å². The summed E-state index contributed by atoms with van der Waals surface area (Å²) < 4.78 is 6.52. The first-order chi connectivity index (χ1) is 8.81. The fraction of sp³-hybridized carbons (Fsp3) is 0.286. The van der Waals surface area contributed by atoms with E-state index in [4.69, 9.17) is 10.3 Å². The Balaban J connectivity index is 1.98. The third-order valence-corrected chi connectivity index (χ3v) is 4.34. The van der Waals surface area contributed by atoms with Gasteiger partial charge >= 0.3 is 0 Å². The number of hydrogen-bond donors (Lipinski definition) is 2. The maximum atomic E-state index is 5.74. The summed E-state index contributed by atoms with van der Waals surface area (Å²) >= 11 is 3.51. The van der Waals surface area contributed by atoms with E-state index in [0.717, 1.165) is 23.1 Å². The highest BCUT2D eigenvalue weighted by Crippen LogP contribution is 2.42. The molecular weight excluding hydrogens is 292 g/mol. The molecule has 0 amide bonds. The molecule has 2 atom stereocenters. The molecule has 0 bridgehead atoms. The van der Waals surface area contributed by atoms with Gasteiger partial charge in [-0.2, -0.15) is 0 Å². The SMILES string of the molecule is NNC(c1occc1Br)C1CCc2ccccc21. The predicted molar refractivity (Wildman–Crippen MR) is 74.0 cm³/mol. The molecule has 0 aliphatic heterocycles. The Bertz CT molecular complexity index is 552. The molecule has 0 saturated carbocycles. The molecule has 0 fully saturated rings. The number of benzene rings is 1. The van der Waals surface area contributed by atoms with Crippen molar-refractivity contribution in [1.29, 1.82) is 0 Å². The molecular formula is C14H15BrN2O. The Morgan fingerprint density at radius 1 is 1.33 bits per heavy atom. The Labute approximate surface area is 114 Å². The zero-order valence-electron chi connectivity index (χ0n) is 9.90. The molecule has 1 aromatic heterocycles. The highest BCUT2D eigenvalue weighted by atomic mass is 79.9. The number of rotatable bonds is 3. The lowest BCUT2D eigenvalue weighted by Crippen LogP contribution is -2.31. The number of hydrazine groups is 1. The largest absolute Gasteiger partial charge is 0.466 e. The van der Waals surface area contributed by atoms with E-state index in [1.165, 1.54) is 11.1 Å². The fourth-order valence-electron chi connectivity index (χ4n) is 2.84. The second-order valence-electron chi connectivity index (χ2n) is 4.62. The predicted octanol–water partition coefficient (Wildman–Crippen LogP) is 3.28. The average Bonchev–Trinajstić information content (AvgIpc) is 2.99. The van der Waals surface area contributed by atoms with Crippen molar-refractivity contribution in [1.82, 2.24) is 5.43 Å². The van der Waals surface area contributed by atoms with Crippen LogP contribution in [0.1, 0.15) is 35.3 Å². The monoisotopic (exact) mass is 306 g/mol. The van der Waals surface area contributed by atoms with Gasteiger partial charge in [0.1, 0.15) is 5.76 Å². The van der Waals surface area contributed by atoms with E-state index >= 15 is 0 Å². The minimum atomic E-state index is 0.0121. The minimum Gasteiger partial charge on any atom is -0.466 e. The maximum Gasteiger partial charge on any atom is 0.136 e. The van der Waals surface area contributed by atoms with E-state index in [1.54, 1.807) is 6.26 Å². The highest BCUT2D eigenvalue weighted by molar-refractivity contribution is 9.10. The first kappa shape index (κ1) is 12.0. The van der Waals surface area contributed by atoms with Gasteiger partial charge in [-0.1, -0.05) is 24.3 Å². The van der Waals surface area contributed by atoms with E-state index in [9.17, 15) is 0 Å². The van der Waals surface area contributed by atoms with Crippen molar-refractivity contribution in [2.75, 3.05) is 0 Å². The topological polar surface area (TPSA) is 51.2 Å². The number of halogens is 1. The van der Waals surface area contributed by atoms with E-state index < -0.39 is 0 Å². The summed E-state index contributed by atoms with van der Waals surface area (Å²) in [7, 11) is 0. The van der Waals surface area contributed by atoms with Crippen LogP contribution in [0, 0.1) is 0 Å². The van der Waals surface area contributed by atoms with Gasteiger partial charge in [0.05, 0.1) is 16.8 Å². The maximum absolute atomic E-state index is 5.74. The Morgan fingerprint density at radius 2 is 2.17 bits per heavy atom. The van der Waals surface area contributed by atoms with Crippen molar-refractivity contribution in [3.05, 3.63) is 58.0 Å². The molecule has 94 valence electrons. The number of nitrogens with two attached hydrogens (primary N) is 1. The summed E-state index contributed by atoms with van der Waals surface area (Å²) in [5, 5.41) is 0. The van der Waals surface area contributed by atoms with Gasteiger partial charge in [-0.05, 0) is 46.0 Å². The average molecular weight is 307 g/mol. The molecule has 0 spiro atoms. The lowest BCUT2D eigenvalue weighted by Gasteiger charge is -2.22. The molecule has 3 rings (SSSR count). The molecule has 18 heavy (non-hydrogen) atoms. The first-order valence-electron chi connectivity index (χ1n) is 6.08. The molecule has 0 radical (unpaired) electrons. The second-order valence-corrected chi connectivity index (χ2v) is 5.48. The van der Waals surface area contributed by atoms with Gasteiger partial charge in [-0.15, -0.1) is 0 Å². The van der Waals surface area contributed by atoms with Crippen LogP contribution in [-0.4, -0.2) is 0 Å². The van der Waals surface area contributed by atoms with Crippen LogP contribution in [0.25, 0.3) is 0 Å². The van der Waals surface area contributed by atoms with Gasteiger partial charge < -0.3 is 4.42 Å². The molecule has 3 N–H and O–H groups in total. The fourth-order valence-corrected chi connectivity index (χ4v) is 3.29. The molecule has 1 aliphatic carbocycles. The van der Waals surface area contributed by atoms with E-state index in [-0.39, 0.29) is 6.04 Å². The summed E-state index contributed by atoms with van der Waals surface area (Å²) in [4.78, 5) is 0. The third-order valence-electron chi connectivity index (χ3n) is 3.69. The van der Waals surface area contributed by atoms with Crippen LogP contribution < -0.4 is 11.3 Å². The molecule has 2 unspecified atom stereocenters. The van der Waals surface area contributed by atoms with Crippen molar-refractivity contribution in [3.63, 3.8) is 0 Å². The molecule has 1 aromatic carbocycles. The number of furan rings is 1. The zero-order chi connectivity index (χ0) is 12.5. The molecule has 2 aromatic rings. The van der Waals surface area contributed by atoms with Crippen molar-refractivity contribution in [2.24, 2.45) is 5.84 Å². The quantitative estimate of drug-likeness (QED) is 0.676. The van der Waals surface area contributed by atoms with Crippen LogP contribution in [0.3, 0.4) is 0 Å². The number of hydrogen-bond acceptors (Lipinski definition) is 3. The number of fused-ring (bicyclic) bond motifs is 1. The summed E-state index contributed by atoms with van der Waals surface area (Å²) in [5.41, 5.74) is 5.70. The second kappa shape index (κ2) is 4.88. The standard InChI is InChI=1S/C14H15BrN2O/c15-12-7-8-18-14(12)13(17-16)11-6-5-9-3-1-2-4-10(9)11/h1-4,7-8,11,13,17H,5-6,16H2. The molecule has 1 heterocycles. The van der Waals surface area contributed by atoms with Crippen molar-refractivity contribution < 1.29 is 4.42 Å². The summed E-state index contributed by atoms with van der Waals surface area (Å²) in [6.45, 7) is 0. The van der Waals surface area contributed by atoms with Crippen LogP contribution in [-0.2, 0) is 6.42 Å².